The van der Waals surface area contributed by atoms with Gasteiger partial charge >= 0.3 is 0 Å². The molecule has 0 atom stereocenters. The van der Waals surface area contributed by atoms with Crippen LogP contribution in [0.15, 0.2) is 71.0 Å². The van der Waals surface area contributed by atoms with Crippen LogP contribution in [0.4, 0.5) is 5.69 Å². The predicted molar refractivity (Wildman–Crippen MR) is 128 cm³/mol. The molecule has 5 rings (SSSR count). The van der Waals surface area contributed by atoms with Gasteiger partial charge in [0.25, 0.3) is 0 Å². The highest BCUT2D eigenvalue weighted by Crippen LogP contribution is 2.31. The lowest BCUT2D eigenvalue weighted by atomic mass is 9.98. The van der Waals surface area contributed by atoms with Crippen LogP contribution in [0.3, 0.4) is 0 Å². The first kappa shape index (κ1) is 19.1. The normalized spacial score (nSPS) is 11.0. The van der Waals surface area contributed by atoms with Crippen molar-refractivity contribution in [2.75, 3.05) is 5.43 Å². The van der Waals surface area contributed by atoms with Crippen LogP contribution < -0.4 is 5.43 Å². The predicted octanol–water partition coefficient (Wildman–Crippen LogP) is 5.68. The number of benzene rings is 1. The summed E-state index contributed by atoms with van der Waals surface area (Å²) in [6.07, 6.45) is 8.01. The molecule has 0 radical (unpaired) electrons. The molecular formula is C24H20N6S. The Labute approximate surface area is 183 Å². The molecule has 0 saturated carbocycles. The van der Waals surface area contributed by atoms with Crippen LogP contribution in [0.2, 0.25) is 0 Å². The van der Waals surface area contributed by atoms with E-state index in [4.69, 9.17) is 4.98 Å². The van der Waals surface area contributed by atoms with E-state index in [1.54, 1.807) is 11.3 Å². The minimum Gasteiger partial charge on any atom is -0.340 e. The molecule has 0 aliphatic rings. The largest absolute Gasteiger partial charge is 0.340 e. The molecule has 0 aliphatic carbocycles. The van der Waals surface area contributed by atoms with Crippen molar-refractivity contribution in [3.8, 4) is 22.3 Å². The fourth-order valence-electron chi connectivity index (χ4n) is 3.75. The van der Waals surface area contributed by atoms with Crippen LogP contribution in [-0.2, 0) is 6.42 Å². The molecule has 31 heavy (non-hydrogen) atoms. The zero-order chi connectivity index (χ0) is 21.2. The molecule has 0 fully saturated rings. The third-order valence-electron chi connectivity index (χ3n) is 5.29. The van der Waals surface area contributed by atoms with E-state index in [2.05, 4.69) is 68.1 Å². The van der Waals surface area contributed by atoms with Gasteiger partial charge in [0.05, 0.1) is 22.9 Å². The number of aryl methyl sites for hydroxylation is 1. The number of aromatic nitrogens is 4. The van der Waals surface area contributed by atoms with Gasteiger partial charge in [0.15, 0.2) is 0 Å². The summed E-state index contributed by atoms with van der Waals surface area (Å²) in [4.78, 5) is 17.0. The van der Waals surface area contributed by atoms with E-state index in [-0.39, 0.29) is 0 Å². The van der Waals surface area contributed by atoms with Crippen molar-refractivity contribution in [3.05, 3.63) is 82.8 Å². The first-order valence-electron chi connectivity index (χ1n) is 9.84. The fraction of sp³-hybridized carbons (Fsp3) is 0.0833. The van der Waals surface area contributed by atoms with Crippen LogP contribution in [0, 0.1) is 6.92 Å². The van der Waals surface area contributed by atoms with Gasteiger partial charge in [-0.3, -0.25) is 15.4 Å². The Morgan fingerprint density at radius 1 is 1.06 bits per heavy atom. The molecule has 0 unspecified atom stereocenters. The van der Waals surface area contributed by atoms with Crippen molar-refractivity contribution in [2.24, 2.45) is 5.10 Å². The second-order valence-electron chi connectivity index (χ2n) is 7.29. The lowest BCUT2D eigenvalue weighted by Crippen LogP contribution is -1.98. The van der Waals surface area contributed by atoms with Crippen LogP contribution >= 0.6 is 11.3 Å². The number of H-pyrrole nitrogens is 1. The molecule has 6 nitrogen and oxygen atoms in total. The summed E-state index contributed by atoms with van der Waals surface area (Å²) in [6, 6.07) is 10.4. The van der Waals surface area contributed by atoms with Crippen molar-refractivity contribution in [3.63, 3.8) is 0 Å². The highest BCUT2D eigenvalue weighted by Gasteiger charge is 2.13. The van der Waals surface area contributed by atoms with Gasteiger partial charge in [-0.15, -0.1) is 0 Å². The van der Waals surface area contributed by atoms with Gasteiger partial charge in [-0.1, -0.05) is 6.07 Å². The number of hydrazone groups is 1. The Hall–Kier alpha value is -3.84. The number of imidazole rings is 1. The topological polar surface area (TPSA) is 78.8 Å². The van der Waals surface area contributed by atoms with Crippen molar-refractivity contribution in [1.82, 2.24) is 19.9 Å². The van der Waals surface area contributed by atoms with Gasteiger partial charge in [0, 0.05) is 42.9 Å². The standard InChI is InChI=1S/C24H20N6S/c1-15-5-7-26-11-19(15)16-3-4-21(30-25-2)18(9-16)10-23-28-22-13-27-12-20(24(22)29-23)17-6-8-31-14-17/h3-9,11-14,30H,2,10H2,1H3,(H,28,29). The SMILES string of the molecule is C=NNc1ccc(-c2cnccc2C)cc1Cc1nc2c(-c3ccsc3)cncc2[nH]1. The summed E-state index contributed by atoms with van der Waals surface area (Å²) in [5.74, 6) is 0.867. The van der Waals surface area contributed by atoms with Crippen molar-refractivity contribution in [1.29, 1.82) is 0 Å². The van der Waals surface area contributed by atoms with E-state index < -0.39 is 0 Å². The lowest BCUT2D eigenvalue weighted by Gasteiger charge is -2.12. The first-order chi connectivity index (χ1) is 15.2. The summed E-state index contributed by atoms with van der Waals surface area (Å²) in [5.41, 5.74) is 12.4. The summed E-state index contributed by atoms with van der Waals surface area (Å²) in [6.45, 7) is 5.66. The van der Waals surface area contributed by atoms with Crippen LogP contribution in [0.1, 0.15) is 17.0 Å². The zero-order valence-electron chi connectivity index (χ0n) is 17.0. The van der Waals surface area contributed by atoms with Crippen molar-refractivity contribution < 1.29 is 0 Å². The Morgan fingerprint density at radius 3 is 2.77 bits per heavy atom. The monoisotopic (exact) mass is 424 g/mol. The molecule has 2 N–H and O–H groups in total. The van der Waals surface area contributed by atoms with E-state index in [1.807, 2.05) is 36.9 Å². The van der Waals surface area contributed by atoms with E-state index in [9.17, 15) is 0 Å². The van der Waals surface area contributed by atoms with Gasteiger partial charge in [0.1, 0.15) is 5.82 Å². The lowest BCUT2D eigenvalue weighted by molar-refractivity contribution is 1.04. The number of anilines is 1. The number of hydrogen-bond donors (Lipinski definition) is 2. The number of nitrogens with one attached hydrogen (secondary N) is 2. The quantitative estimate of drug-likeness (QED) is 0.272. The molecule has 0 saturated heterocycles. The van der Waals surface area contributed by atoms with Crippen molar-refractivity contribution >= 4 is 34.8 Å². The number of fused-ring (bicyclic) bond motifs is 1. The minimum atomic E-state index is 0.614. The Kier molecular flexibility index (Phi) is 5.01. The smallest absolute Gasteiger partial charge is 0.111 e. The summed E-state index contributed by atoms with van der Waals surface area (Å²) in [5, 5.41) is 8.04. The molecule has 152 valence electrons. The van der Waals surface area contributed by atoms with E-state index >= 15 is 0 Å². The molecule has 4 aromatic heterocycles. The summed E-state index contributed by atoms with van der Waals surface area (Å²) >= 11 is 1.66. The minimum absolute atomic E-state index is 0.614. The number of pyridine rings is 2. The average Bonchev–Trinajstić information content (AvgIpc) is 3.45. The van der Waals surface area contributed by atoms with Crippen LogP contribution in [0.5, 0.6) is 0 Å². The highest BCUT2D eigenvalue weighted by atomic mass is 32.1. The summed E-state index contributed by atoms with van der Waals surface area (Å²) in [7, 11) is 0. The van der Waals surface area contributed by atoms with Gasteiger partial charge in [-0.25, -0.2) is 4.98 Å². The molecule has 0 aliphatic heterocycles. The number of aromatic amines is 1. The van der Waals surface area contributed by atoms with Gasteiger partial charge in [-0.05, 0) is 64.2 Å². The van der Waals surface area contributed by atoms with Gasteiger partial charge < -0.3 is 4.98 Å². The molecule has 0 amide bonds. The molecule has 1 aromatic carbocycles. The molecule has 0 bridgehead atoms. The Balaban J connectivity index is 1.56. The maximum atomic E-state index is 4.91. The second-order valence-corrected chi connectivity index (χ2v) is 8.07. The van der Waals surface area contributed by atoms with E-state index in [0.29, 0.717) is 6.42 Å². The number of rotatable bonds is 6. The Bertz CT molecular complexity index is 1370. The molecule has 4 heterocycles. The second kappa shape index (κ2) is 8.12. The first-order valence-corrected chi connectivity index (χ1v) is 10.8. The third kappa shape index (κ3) is 3.71. The van der Waals surface area contributed by atoms with Crippen LogP contribution in [-0.4, -0.2) is 26.7 Å². The zero-order valence-corrected chi connectivity index (χ0v) is 17.8. The maximum Gasteiger partial charge on any atom is 0.111 e. The molecule has 7 heteroatoms. The number of hydrogen-bond acceptors (Lipinski definition) is 6. The molecule has 0 spiro atoms. The van der Waals surface area contributed by atoms with Gasteiger partial charge in [-0.2, -0.15) is 16.4 Å². The number of thiophene rings is 1. The number of nitrogens with zero attached hydrogens (tertiary/aromatic N) is 4. The molecule has 5 aromatic rings. The van der Waals surface area contributed by atoms with Crippen molar-refractivity contribution in [2.45, 2.75) is 13.3 Å². The maximum absolute atomic E-state index is 4.91. The Morgan fingerprint density at radius 2 is 1.97 bits per heavy atom. The fourth-order valence-corrected chi connectivity index (χ4v) is 4.40. The highest BCUT2D eigenvalue weighted by molar-refractivity contribution is 7.08. The van der Waals surface area contributed by atoms with E-state index in [1.165, 1.54) is 5.56 Å². The van der Waals surface area contributed by atoms with Gasteiger partial charge in [0.2, 0.25) is 0 Å². The van der Waals surface area contributed by atoms with E-state index in [0.717, 1.165) is 50.4 Å². The third-order valence-corrected chi connectivity index (χ3v) is 5.97. The average molecular weight is 425 g/mol. The van der Waals surface area contributed by atoms with Crippen LogP contribution in [0.25, 0.3) is 33.3 Å². The molecular weight excluding hydrogens is 404 g/mol. The summed E-state index contributed by atoms with van der Waals surface area (Å²) < 4.78 is 0.